The molecule has 2 rings (SSSR count). The van der Waals surface area contributed by atoms with Crippen LogP contribution in [0, 0.1) is 5.92 Å². The Hall–Kier alpha value is -0.610. The van der Waals surface area contributed by atoms with Gasteiger partial charge >= 0.3 is 0 Å². The molecule has 2 aliphatic rings. The molecule has 0 aliphatic carbocycles. The highest BCUT2D eigenvalue weighted by Gasteiger charge is 2.21. The maximum absolute atomic E-state index is 11.7. The third kappa shape index (κ3) is 3.47. The van der Waals surface area contributed by atoms with Crippen molar-refractivity contribution >= 4 is 5.91 Å². The standard InChI is InChI=1S/C11H20N2O2/c14-11(6-9-3-5-15-8-9)13-10-2-1-4-12-7-10/h9-10,12H,1-8H2,(H,13,14)/t9?,10-/m1/s1. The summed E-state index contributed by atoms with van der Waals surface area (Å²) >= 11 is 0. The van der Waals surface area contributed by atoms with Crippen LogP contribution < -0.4 is 10.6 Å². The molecular formula is C11H20N2O2. The Morgan fingerprint density at radius 3 is 3.07 bits per heavy atom. The summed E-state index contributed by atoms with van der Waals surface area (Å²) in [6.45, 7) is 3.59. The van der Waals surface area contributed by atoms with E-state index in [0.29, 0.717) is 18.4 Å². The minimum absolute atomic E-state index is 0.194. The molecule has 2 atom stereocenters. The van der Waals surface area contributed by atoms with E-state index in [1.54, 1.807) is 0 Å². The van der Waals surface area contributed by atoms with E-state index in [9.17, 15) is 4.79 Å². The minimum atomic E-state index is 0.194. The Morgan fingerprint density at radius 1 is 1.47 bits per heavy atom. The first kappa shape index (κ1) is 10.9. The van der Waals surface area contributed by atoms with Crippen molar-refractivity contribution in [3.63, 3.8) is 0 Å². The first-order valence-corrected chi connectivity index (χ1v) is 5.92. The highest BCUT2D eigenvalue weighted by Crippen LogP contribution is 2.16. The number of carbonyl (C=O) groups is 1. The molecule has 15 heavy (non-hydrogen) atoms. The molecule has 0 radical (unpaired) electrons. The smallest absolute Gasteiger partial charge is 0.220 e. The zero-order valence-electron chi connectivity index (χ0n) is 9.13. The average Bonchev–Trinajstić information content (AvgIpc) is 2.71. The largest absolute Gasteiger partial charge is 0.381 e. The number of piperidine rings is 1. The van der Waals surface area contributed by atoms with Gasteiger partial charge in [0.15, 0.2) is 0 Å². The van der Waals surface area contributed by atoms with Crippen molar-refractivity contribution in [3.05, 3.63) is 0 Å². The first-order valence-electron chi connectivity index (χ1n) is 5.92. The van der Waals surface area contributed by atoms with Crippen LogP contribution in [0.4, 0.5) is 0 Å². The van der Waals surface area contributed by atoms with Gasteiger partial charge in [-0.25, -0.2) is 0 Å². The van der Waals surface area contributed by atoms with Gasteiger partial charge in [-0.05, 0) is 31.7 Å². The Kier molecular flexibility index (Phi) is 3.97. The van der Waals surface area contributed by atoms with Gasteiger partial charge in [0, 0.05) is 32.2 Å². The monoisotopic (exact) mass is 212 g/mol. The number of nitrogens with one attached hydrogen (secondary N) is 2. The van der Waals surface area contributed by atoms with Crippen LogP contribution in [0.25, 0.3) is 0 Å². The quantitative estimate of drug-likeness (QED) is 0.706. The molecule has 0 spiro atoms. The van der Waals surface area contributed by atoms with E-state index in [2.05, 4.69) is 10.6 Å². The first-order chi connectivity index (χ1) is 7.34. The predicted octanol–water partition coefficient (Wildman–Crippen LogP) is 0.281. The van der Waals surface area contributed by atoms with Gasteiger partial charge in [-0.2, -0.15) is 0 Å². The van der Waals surface area contributed by atoms with E-state index in [-0.39, 0.29) is 5.91 Å². The highest BCUT2D eigenvalue weighted by atomic mass is 16.5. The van der Waals surface area contributed by atoms with Crippen LogP contribution in [0.2, 0.25) is 0 Å². The Morgan fingerprint density at radius 2 is 2.40 bits per heavy atom. The number of rotatable bonds is 3. The number of hydrogen-bond donors (Lipinski definition) is 2. The van der Waals surface area contributed by atoms with E-state index >= 15 is 0 Å². The lowest BCUT2D eigenvalue weighted by atomic mass is 10.0. The summed E-state index contributed by atoms with van der Waals surface area (Å²) < 4.78 is 5.26. The number of amides is 1. The third-order valence-electron chi connectivity index (χ3n) is 3.16. The van der Waals surface area contributed by atoms with Gasteiger partial charge in [-0.3, -0.25) is 4.79 Å². The molecule has 0 saturated carbocycles. The Bertz CT molecular complexity index is 209. The third-order valence-corrected chi connectivity index (χ3v) is 3.16. The molecule has 4 nitrogen and oxygen atoms in total. The van der Waals surface area contributed by atoms with Crippen molar-refractivity contribution in [2.24, 2.45) is 5.92 Å². The van der Waals surface area contributed by atoms with Crippen molar-refractivity contribution in [2.75, 3.05) is 26.3 Å². The van der Waals surface area contributed by atoms with Crippen LogP contribution in [0.5, 0.6) is 0 Å². The highest BCUT2D eigenvalue weighted by molar-refractivity contribution is 5.76. The normalized spacial score (nSPS) is 31.5. The van der Waals surface area contributed by atoms with Crippen molar-refractivity contribution < 1.29 is 9.53 Å². The summed E-state index contributed by atoms with van der Waals surface area (Å²) in [6, 6.07) is 0.341. The van der Waals surface area contributed by atoms with Crippen molar-refractivity contribution in [3.8, 4) is 0 Å². The molecule has 1 unspecified atom stereocenters. The maximum atomic E-state index is 11.7. The molecule has 4 heteroatoms. The lowest BCUT2D eigenvalue weighted by molar-refractivity contribution is -0.122. The van der Waals surface area contributed by atoms with Gasteiger partial charge in [0.05, 0.1) is 0 Å². The molecule has 86 valence electrons. The van der Waals surface area contributed by atoms with Crippen LogP contribution in [0.15, 0.2) is 0 Å². The van der Waals surface area contributed by atoms with Crippen molar-refractivity contribution in [2.45, 2.75) is 31.7 Å². The lowest BCUT2D eigenvalue weighted by Crippen LogP contribution is -2.45. The molecule has 2 fully saturated rings. The second-order valence-corrected chi connectivity index (χ2v) is 4.54. The second kappa shape index (κ2) is 5.47. The zero-order valence-corrected chi connectivity index (χ0v) is 9.13. The fraction of sp³-hybridized carbons (Fsp3) is 0.909. The van der Waals surface area contributed by atoms with Gasteiger partial charge in [0.25, 0.3) is 0 Å². The van der Waals surface area contributed by atoms with Gasteiger partial charge < -0.3 is 15.4 Å². The van der Waals surface area contributed by atoms with Crippen molar-refractivity contribution in [1.29, 1.82) is 0 Å². The fourth-order valence-electron chi connectivity index (χ4n) is 2.27. The molecule has 0 bridgehead atoms. The summed E-state index contributed by atoms with van der Waals surface area (Å²) in [5.74, 6) is 0.640. The SMILES string of the molecule is O=C(CC1CCOC1)N[C@@H]1CCCNC1. The van der Waals surface area contributed by atoms with E-state index in [4.69, 9.17) is 4.74 Å². The molecular weight excluding hydrogens is 192 g/mol. The molecule has 0 aromatic heterocycles. The lowest BCUT2D eigenvalue weighted by Gasteiger charge is -2.24. The van der Waals surface area contributed by atoms with Gasteiger partial charge in [0.1, 0.15) is 0 Å². The van der Waals surface area contributed by atoms with Crippen LogP contribution in [0.3, 0.4) is 0 Å². The van der Waals surface area contributed by atoms with E-state index in [1.807, 2.05) is 0 Å². The molecule has 2 heterocycles. The molecule has 2 aliphatic heterocycles. The molecule has 0 aromatic rings. The number of carbonyl (C=O) groups excluding carboxylic acids is 1. The topological polar surface area (TPSA) is 50.4 Å². The summed E-state index contributed by atoms with van der Waals surface area (Å²) in [7, 11) is 0. The van der Waals surface area contributed by atoms with Crippen LogP contribution >= 0.6 is 0 Å². The van der Waals surface area contributed by atoms with Crippen LogP contribution in [0.1, 0.15) is 25.7 Å². The van der Waals surface area contributed by atoms with Crippen molar-refractivity contribution in [1.82, 2.24) is 10.6 Å². The Labute approximate surface area is 90.8 Å². The average molecular weight is 212 g/mol. The zero-order chi connectivity index (χ0) is 10.5. The summed E-state index contributed by atoms with van der Waals surface area (Å²) in [4.78, 5) is 11.7. The number of ether oxygens (including phenoxy) is 1. The Balaban J connectivity index is 1.66. The van der Waals surface area contributed by atoms with E-state index in [0.717, 1.165) is 45.6 Å². The van der Waals surface area contributed by atoms with E-state index < -0.39 is 0 Å². The van der Waals surface area contributed by atoms with Gasteiger partial charge in [0.2, 0.25) is 5.91 Å². The van der Waals surface area contributed by atoms with Gasteiger partial charge in [-0.15, -0.1) is 0 Å². The molecule has 0 aromatic carbocycles. The van der Waals surface area contributed by atoms with E-state index in [1.165, 1.54) is 0 Å². The molecule has 2 N–H and O–H groups in total. The van der Waals surface area contributed by atoms with Crippen LogP contribution in [-0.2, 0) is 9.53 Å². The number of hydrogen-bond acceptors (Lipinski definition) is 3. The summed E-state index contributed by atoms with van der Waals surface area (Å²) in [5, 5.41) is 6.38. The molecule has 1 amide bonds. The predicted molar refractivity (Wildman–Crippen MR) is 57.6 cm³/mol. The van der Waals surface area contributed by atoms with Gasteiger partial charge in [-0.1, -0.05) is 0 Å². The second-order valence-electron chi connectivity index (χ2n) is 4.54. The van der Waals surface area contributed by atoms with Crippen LogP contribution in [-0.4, -0.2) is 38.3 Å². The molecule has 2 saturated heterocycles. The summed E-state index contributed by atoms with van der Waals surface area (Å²) in [5.41, 5.74) is 0. The summed E-state index contributed by atoms with van der Waals surface area (Å²) in [6.07, 6.45) is 3.95. The maximum Gasteiger partial charge on any atom is 0.220 e. The minimum Gasteiger partial charge on any atom is -0.381 e. The fourth-order valence-corrected chi connectivity index (χ4v) is 2.27.